The van der Waals surface area contributed by atoms with E-state index in [1.54, 1.807) is 20.8 Å². The lowest BCUT2D eigenvalue weighted by Crippen LogP contribution is -2.40. The van der Waals surface area contributed by atoms with Gasteiger partial charge >= 0.3 is 11.9 Å². The summed E-state index contributed by atoms with van der Waals surface area (Å²) < 4.78 is 5.27. The molecule has 0 spiro atoms. The van der Waals surface area contributed by atoms with Crippen molar-refractivity contribution in [2.45, 2.75) is 77.6 Å². The number of carboxylic acids is 1. The fourth-order valence-electron chi connectivity index (χ4n) is 2.05. The maximum Gasteiger partial charge on any atom is 0.306 e. The smallest absolute Gasteiger partial charge is 0.306 e. The molecule has 1 unspecified atom stereocenters. The zero-order valence-electron chi connectivity index (χ0n) is 14.3. The summed E-state index contributed by atoms with van der Waals surface area (Å²) in [5, 5.41) is 8.66. The molecule has 0 aliphatic carbocycles. The molecular formula is C15H30O5Si. The minimum absolute atomic E-state index is 0.0669. The summed E-state index contributed by atoms with van der Waals surface area (Å²) >= 11 is 0. The van der Waals surface area contributed by atoms with Gasteiger partial charge in [-0.3, -0.25) is 9.59 Å². The van der Waals surface area contributed by atoms with Crippen LogP contribution in [0.1, 0.15) is 53.9 Å². The molecule has 0 aliphatic rings. The highest BCUT2D eigenvalue weighted by Crippen LogP contribution is 2.43. The van der Waals surface area contributed by atoms with Crippen LogP contribution in [0.2, 0.25) is 18.1 Å². The Labute approximate surface area is 128 Å². The molecule has 0 saturated heterocycles. The predicted molar refractivity (Wildman–Crippen MR) is 84.6 cm³/mol. The Kier molecular flexibility index (Phi) is 6.63. The lowest BCUT2D eigenvalue weighted by molar-refractivity contribution is -0.156. The van der Waals surface area contributed by atoms with Crippen molar-refractivity contribution in [3.8, 4) is 0 Å². The minimum atomic E-state index is -2.44. The molecule has 0 aliphatic heterocycles. The molecule has 0 saturated carbocycles. The van der Waals surface area contributed by atoms with Gasteiger partial charge in [0.05, 0.1) is 0 Å². The van der Waals surface area contributed by atoms with E-state index in [1.807, 2.05) is 26.9 Å². The van der Waals surface area contributed by atoms with E-state index in [0.29, 0.717) is 6.42 Å². The van der Waals surface area contributed by atoms with Gasteiger partial charge in [-0.1, -0.05) is 13.8 Å². The van der Waals surface area contributed by atoms with Crippen molar-refractivity contribution >= 4 is 20.3 Å². The van der Waals surface area contributed by atoms with Crippen molar-refractivity contribution in [1.82, 2.24) is 0 Å². The van der Waals surface area contributed by atoms with Crippen LogP contribution in [0.4, 0.5) is 0 Å². The second-order valence-electron chi connectivity index (χ2n) is 7.90. The van der Waals surface area contributed by atoms with Crippen molar-refractivity contribution in [2.75, 3.05) is 0 Å². The molecule has 0 aromatic heterocycles. The van der Waals surface area contributed by atoms with Gasteiger partial charge in [0.15, 0.2) is 8.32 Å². The molecule has 2 N–H and O–H groups in total. The van der Waals surface area contributed by atoms with Crippen LogP contribution >= 0.6 is 0 Å². The van der Waals surface area contributed by atoms with E-state index >= 15 is 0 Å². The second kappa shape index (κ2) is 6.92. The number of ether oxygens (including phenoxy) is 1. The molecule has 1 atom stereocenters. The number of carbonyl (C=O) groups excluding carboxylic acids is 1. The highest BCUT2D eigenvalue weighted by Gasteiger charge is 2.40. The standard InChI is InChI=1S/C15H30O5Si/c1-14(2,3)20-13(18)9-11(8-12(16)17)10-15(4,5)21(6,7)19/h11,19H,8-10H2,1-7H3,(H,16,17). The van der Waals surface area contributed by atoms with Crippen molar-refractivity contribution in [3.63, 3.8) is 0 Å². The highest BCUT2D eigenvalue weighted by molar-refractivity contribution is 6.72. The van der Waals surface area contributed by atoms with Gasteiger partial charge in [-0.05, 0) is 51.2 Å². The van der Waals surface area contributed by atoms with E-state index in [-0.39, 0.29) is 29.8 Å². The van der Waals surface area contributed by atoms with E-state index in [4.69, 9.17) is 9.84 Å². The Balaban J connectivity index is 4.90. The third-order valence-corrected chi connectivity index (χ3v) is 7.31. The van der Waals surface area contributed by atoms with Crippen LogP contribution in [0.25, 0.3) is 0 Å². The predicted octanol–water partition coefficient (Wildman–Crippen LogP) is 3.18. The van der Waals surface area contributed by atoms with Crippen molar-refractivity contribution < 1.29 is 24.2 Å². The molecule has 5 nitrogen and oxygen atoms in total. The quantitative estimate of drug-likeness (QED) is 0.556. The number of hydrogen-bond acceptors (Lipinski definition) is 4. The molecule has 6 heteroatoms. The molecule has 0 rings (SSSR count). The lowest BCUT2D eigenvalue weighted by Gasteiger charge is -2.37. The summed E-state index contributed by atoms with van der Waals surface area (Å²) in [5.41, 5.74) is -0.578. The van der Waals surface area contributed by atoms with Crippen molar-refractivity contribution in [3.05, 3.63) is 0 Å². The first-order valence-corrected chi connectivity index (χ1v) is 10.2. The van der Waals surface area contributed by atoms with Gasteiger partial charge in [-0.2, -0.15) is 0 Å². The molecule has 0 heterocycles. The fraction of sp³-hybridized carbons (Fsp3) is 0.867. The third kappa shape index (κ3) is 8.21. The Morgan fingerprint density at radius 2 is 1.57 bits per heavy atom. The van der Waals surface area contributed by atoms with Gasteiger partial charge in [0, 0.05) is 12.8 Å². The van der Waals surface area contributed by atoms with Crippen LogP contribution in [0, 0.1) is 5.92 Å². The summed E-state index contributed by atoms with van der Waals surface area (Å²) in [6.45, 7) is 12.9. The lowest BCUT2D eigenvalue weighted by atomic mass is 9.90. The Hall–Kier alpha value is -0.883. The maximum absolute atomic E-state index is 11.9. The molecular weight excluding hydrogens is 288 g/mol. The van der Waals surface area contributed by atoms with E-state index < -0.39 is 19.9 Å². The van der Waals surface area contributed by atoms with E-state index in [9.17, 15) is 14.4 Å². The van der Waals surface area contributed by atoms with Gasteiger partial charge in [0.2, 0.25) is 0 Å². The Morgan fingerprint density at radius 3 is 1.90 bits per heavy atom. The first kappa shape index (κ1) is 20.1. The van der Waals surface area contributed by atoms with Crippen LogP contribution in [0.15, 0.2) is 0 Å². The molecule has 124 valence electrons. The van der Waals surface area contributed by atoms with Gasteiger partial charge in [-0.15, -0.1) is 0 Å². The van der Waals surface area contributed by atoms with E-state index in [0.717, 1.165) is 0 Å². The first-order valence-electron chi connectivity index (χ1n) is 7.30. The largest absolute Gasteiger partial charge is 0.481 e. The number of carbonyl (C=O) groups is 2. The summed E-state index contributed by atoms with van der Waals surface area (Å²) in [6.07, 6.45) is 0.471. The van der Waals surface area contributed by atoms with Gasteiger partial charge in [-0.25, -0.2) is 0 Å². The number of rotatable bonds is 7. The van der Waals surface area contributed by atoms with Crippen molar-refractivity contribution in [2.24, 2.45) is 5.92 Å². The van der Waals surface area contributed by atoms with Crippen LogP contribution in [-0.2, 0) is 14.3 Å². The fourth-order valence-corrected chi connectivity index (χ4v) is 2.84. The second-order valence-corrected chi connectivity index (χ2v) is 12.4. The Bertz CT molecular complexity index is 377. The molecule has 0 bridgehead atoms. The number of hydrogen-bond donors (Lipinski definition) is 2. The number of aliphatic carboxylic acids is 1. The molecule has 0 aromatic rings. The number of esters is 1. The molecule has 0 amide bonds. The highest BCUT2D eigenvalue weighted by atomic mass is 28.4. The first-order chi connectivity index (χ1) is 9.14. The van der Waals surface area contributed by atoms with Crippen molar-refractivity contribution in [1.29, 1.82) is 0 Å². The maximum atomic E-state index is 11.9. The molecule has 0 fully saturated rings. The average molecular weight is 318 g/mol. The monoisotopic (exact) mass is 318 g/mol. The van der Waals surface area contributed by atoms with Crippen LogP contribution < -0.4 is 0 Å². The van der Waals surface area contributed by atoms with Crippen LogP contribution in [0.5, 0.6) is 0 Å². The van der Waals surface area contributed by atoms with Crippen LogP contribution in [-0.4, -0.2) is 35.8 Å². The summed E-state index contributed by atoms with van der Waals surface area (Å²) in [5.74, 6) is -1.65. The van der Waals surface area contributed by atoms with Crippen LogP contribution in [0.3, 0.4) is 0 Å². The third-order valence-electron chi connectivity index (χ3n) is 3.79. The molecule has 0 radical (unpaired) electrons. The molecule has 0 aromatic carbocycles. The van der Waals surface area contributed by atoms with Gasteiger partial charge in [0.25, 0.3) is 0 Å². The van der Waals surface area contributed by atoms with E-state index in [2.05, 4.69) is 0 Å². The van der Waals surface area contributed by atoms with E-state index in [1.165, 1.54) is 0 Å². The van der Waals surface area contributed by atoms with Gasteiger partial charge < -0.3 is 14.6 Å². The van der Waals surface area contributed by atoms with Gasteiger partial charge in [0.1, 0.15) is 5.60 Å². The summed E-state index contributed by atoms with van der Waals surface area (Å²) in [6, 6.07) is 0. The Morgan fingerprint density at radius 1 is 1.10 bits per heavy atom. The zero-order chi connectivity index (χ0) is 17.1. The SMILES string of the molecule is CC(C)(C)OC(=O)CC(CC(=O)O)CC(C)(C)[Si](C)(C)O. The summed E-state index contributed by atoms with van der Waals surface area (Å²) in [4.78, 5) is 33.3. The zero-order valence-corrected chi connectivity index (χ0v) is 15.3. The topological polar surface area (TPSA) is 83.8 Å². The molecule has 21 heavy (non-hydrogen) atoms. The summed E-state index contributed by atoms with van der Waals surface area (Å²) in [7, 11) is -2.44. The number of carboxylic acid groups (broad SMARTS) is 1. The average Bonchev–Trinajstić information content (AvgIpc) is 2.08. The minimum Gasteiger partial charge on any atom is -0.481 e. The normalized spacial score (nSPS) is 14.7.